The van der Waals surface area contributed by atoms with Gasteiger partial charge in [0.05, 0.1) is 24.0 Å². The molecule has 2 aliphatic rings. The molecule has 5 rings (SSSR count). The Labute approximate surface area is 184 Å². The largest absolute Gasteiger partial charge is 0.492 e. The molecular formula is C23H24N2O5S. The van der Waals surface area contributed by atoms with E-state index in [1.807, 2.05) is 49.4 Å². The van der Waals surface area contributed by atoms with Gasteiger partial charge in [0.2, 0.25) is 6.10 Å². The summed E-state index contributed by atoms with van der Waals surface area (Å²) >= 11 is 1.47. The maximum absolute atomic E-state index is 13.6. The first-order valence-electron chi connectivity index (χ1n) is 10.6. The zero-order valence-corrected chi connectivity index (χ0v) is 18.1. The predicted octanol–water partition coefficient (Wildman–Crippen LogP) is 4.05. The summed E-state index contributed by atoms with van der Waals surface area (Å²) in [4.78, 5) is 20.1. The molecule has 8 heteroatoms. The average Bonchev–Trinajstić information content (AvgIpc) is 3.47. The third kappa shape index (κ3) is 4.05. The highest BCUT2D eigenvalue weighted by atomic mass is 32.1. The van der Waals surface area contributed by atoms with Crippen LogP contribution in [0.2, 0.25) is 0 Å². The summed E-state index contributed by atoms with van der Waals surface area (Å²) in [6.45, 7) is 3.81. The Kier molecular flexibility index (Phi) is 5.65. The number of rotatable bonds is 6. The SMILES string of the molecule is CCOc1cccc2sc(N(CC3CCCO3)C(=O)C3COc4ccccc4O3)nc12. The highest BCUT2D eigenvalue weighted by molar-refractivity contribution is 7.22. The third-order valence-electron chi connectivity index (χ3n) is 5.36. The van der Waals surface area contributed by atoms with Crippen LogP contribution in [0.15, 0.2) is 42.5 Å². The number of hydrogen-bond donors (Lipinski definition) is 0. The monoisotopic (exact) mass is 440 g/mol. The lowest BCUT2D eigenvalue weighted by atomic mass is 10.2. The van der Waals surface area contributed by atoms with Gasteiger partial charge in [-0.15, -0.1) is 0 Å². The van der Waals surface area contributed by atoms with Gasteiger partial charge in [-0.05, 0) is 44.0 Å². The number of ether oxygens (including phenoxy) is 4. The molecule has 0 bridgehead atoms. The van der Waals surface area contributed by atoms with Crippen LogP contribution in [0, 0.1) is 0 Å². The number of carbonyl (C=O) groups is 1. The van der Waals surface area contributed by atoms with E-state index < -0.39 is 6.10 Å². The topological polar surface area (TPSA) is 70.1 Å². The van der Waals surface area contributed by atoms with Gasteiger partial charge < -0.3 is 18.9 Å². The lowest BCUT2D eigenvalue weighted by Crippen LogP contribution is -2.48. The van der Waals surface area contributed by atoms with E-state index in [2.05, 4.69) is 0 Å². The molecule has 2 atom stereocenters. The summed E-state index contributed by atoms with van der Waals surface area (Å²) in [5, 5.41) is 0.616. The van der Waals surface area contributed by atoms with Crippen molar-refractivity contribution in [2.75, 3.05) is 31.3 Å². The van der Waals surface area contributed by atoms with Crippen molar-refractivity contribution in [2.45, 2.75) is 32.0 Å². The number of para-hydroxylation sites is 3. The number of anilines is 1. The van der Waals surface area contributed by atoms with E-state index in [4.69, 9.17) is 23.9 Å². The summed E-state index contributed by atoms with van der Waals surface area (Å²) in [6, 6.07) is 13.2. The smallest absolute Gasteiger partial charge is 0.273 e. The van der Waals surface area contributed by atoms with Gasteiger partial charge >= 0.3 is 0 Å². The highest BCUT2D eigenvalue weighted by Crippen LogP contribution is 2.36. The molecule has 2 aliphatic heterocycles. The highest BCUT2D eigenvalue weighted by Gasteiger charge is 2.35. The average molecular weight is 441 g/mol. The lowest BCUT2D eigenvalue weighted by Gasteiger charge is -2.30. The Morgan fingerprint density at radius 2 is 2.10 bits per heavy atom. The fraction of sp³-hybridized carbons (Fsp3) is 0.391. The summed E-state index contributed by atoms with van der Waals surface area (Å²) in [7, 11) is 0. The predicted molar refractivity (Wildman–Crippen MR) is 118 cm³/mol. The van der Waals surface area contributed by atoms with Gasteiger partial charge in [0, 0.05) is 6.61 Å². The number of aromatic nitrogens is 1. The first kappa shape index (κ1) is 20.1. The van der Waals surface area contributed by atoms with Crippen molar-refractivity contribution in [3.05, 3.63) is 42.5 Å². The molecule has 0 spiro atoms. The standard InChI is InChI=1S/C23H24N2O5S/c1-2-27-18-10-5-11-20-21(18)24-23(31-20)25(13-15-7-6-12-28-15)22(26)19-14-29-16-8-3-4-9-17(16)30-19/h3-5,8-11,15,19H,2,6-7,12-14H2,1H3. The van der Waals surface area contributed by atoms with E-state index in [1.54, 1.807) is 4.90 Å². The van der Waals surface area contributed by atoms with Gasteiger partial charge in [-0.2, -0.15) is 0 Å². The van der Waals surface area contributed by atoms with Gasteiger partial charge in [0.25, 0.3) is 5.91 Å². The fourth-order valence-corrected chi connectivity index (χ4v) is 4.87. The summed E-state index contributed by atoms with van der Waals surface area (Å²) in [6.07, 6.45) is 1.16. The van der Waals surface area contributed by atoms with Crippen LogP contribution in [0.5, 0.6) is 17.2 Å². The molecule has 0 N–H and O–H groups in total. The van der Waals surface area contributed by atoms with Crippen LogP contribution in [0.4, 0.5) is 5.13 Å². The maximum Gasteiger partial charge on any atom is 0.273 e. The van der Waals surface area contributed by atoms with Crippen molar-refractivity contribution >= 4 is 32.6 Å². The van der Waals surface area contributed by atoms with Gasteiger partial charge in [-0.3, -0.25) is 9.69 Å². The molecule has 31 heavy (non-hydrogen) atoms. The van der Waals surface area contributed by atoms with Gasteiger partial charge in [-0.25, -0.2) is 4.98 Å². The van der Waals surface area contributed by atoms with Crippen molar-refractivity contribution < 1.29 is 23.7 Å². The normalized spacial score (nSPS) is 20.0. The Bertz CT molecular complexity index is 1080. The molecule has 2 unspecified atom stereocenters. The number of benzene rings is 2. The minimum atomic E-state index is -0.741. The van der Waals surface area contributed by atoms with E-state index in [9.17, 15) is 4.79 Å². The summed E-state index contributed by atoms with van der Waals surface area (Å²) < 4.78 is 24.3. The second-order valence-corrected chi connectivity index (χ2v) is 8.49. The number of carbonyl (C=O) groups excluding carboxylic acids is 1. The van der Waals surface area contributed by atoms with Crippen molar-refractivity contribution in [1.82, 2.24) is 4.98 Å². The van der Waals surface area contributed by atoms with E-state index in [0.717, 1.165) is 35.4 Å². The number of thiazole rings is 1. The van der Waals surface area contributed by atoms with Crippen LogP contribution in [-0.2, 0) is 9.53 Å². The molecule has 2 aromatic carbocycles. The van der Waals surface area contributed by atoms with Gasteiger partial charge in [0.1, 0.15) is 17.9 Å². The Morgan fingerprint density at radius 3 is 2.90 bits per heavy atom. The minimum absolute atomic E-state index is 0.0147. The molecule has 3 heterocycles. The second-order valence-electron chi connectivity index (χ2n) is 7.48. The quantitative estimate of drug-likeness (QED) is 0.576. The second kappa shape index (κ2) is 8.72. The fourth-order valence-electron chi connectivity index (χ4n) is 3.87. The summed E-state index contributed by atoms with van der Waals surface area (Å²) in [5.41, 5.74) is 0.764. The summed E-state index contributed by atoms with van der Waals surface area (Å²) in [5.74, 6) is 1.77. The molecule has 1 saturated heterocycles. The first-order valence-corrected chi connectivity index (χ1v) is 11.4. The first-order chi connectivity index (χ1) is 15.2. The van der Waals surface area contributed by atoms with Crippen molar-refractivity contribution in [1.29, 1.82) is 0 Å². The molecule has 1 amide bonds. The number of amides is 1. The van der Waals surface area contributed by atoms with Crippen molar-refractivity contribution in [2.24, 2.45) is 0 Å². The number of fused-ring (bicyclic) bond motifs is 2. The zero-order valence-electron chi connectivity index (χ0n) is 17.3. The lowest BCUT2D eigenvalue weighted by molar-refractivity contribution is -0.128. The van der Waals surface area contributed by atoms with E-state index in [-0.39, 0.29) is 18.6 Å². The van der Waals surface area contributed by atoms with E-state index in [1.165, 1.54) is 11.3 Å². The van der Waals surface area contributed by atoms with Crippen LogP contribution in [0.1, 0.15) is 19.8 Å². The number of hydrogen-bond acceptors (Lipinski definition) is 7. The van der Waals surface area contributed by atoms with E-state index in [0.29, 0.717) is 29.8 Å². The Hall–Kier alpha value is -2.84. The number of nitrogens with zero attached hydrogens (tertiary/aromatic N) is 2. The maximum atomic E-state index is 13.6. The van der Waals surface area contributed by atoms with Crippen LogP contribution < -0.4 is 19.1 Å². The third-order valence-corrected chi connectivity index (χ3v) is 6.41. The van der Waals surface area contributed by atoms with Crippen LogP contribution >= 0.6 is 11.3 Å². The van der Waals surface area contributed by atoms with Gasteiger partial charge in [-0.1, -0.05) is 29.5 Å². The molecule has 1 fully saturated rings. The molecule has 0 radical (unpaired) electrons. The van der Waals surface area contributed by atoms with Gasteiger partial charge in [0.15, 0.2) is 16.6 Å². The van der Waals surface area contributed by atoms with Crippen LogP contribution in [0.25, 0.3) is 10.2 Å². The van der Waals surface area contributed by atoms with Crippen LogP contribution in [-0.4, -0.2) is 49.5 Å². The molecule has 162 valence electrons. The molecule has 0 aliphatic carbocycles. The Morgan fingerprint density at radius 1 is 1.23 bits per heavy atom. The molecule has 1 aromatic heterocycles. The van der Waals surface area contributed by atoms with Crippen molar-refractivity contribution in [3.8, 4) is 17.2 Å². The molecular weight excluding hydrogens is 416 g/mol. The van der Waals surface area contributed by atoms with Crippen molar-refractivity contribution in [3.63, 3.8) is 0 Å². The molecule has 3 aromatic rings. The zero-order chi connectivity index (χ0) is 21.2. The van der Waals surface area contributed by atoms with E-state index >= 15 is 0 Å². The molecule has 0 saturated carbocycles. The Balaban J connectivity index is 1.46. The molecule has 7 nitrogen and oxygen atoms in total. The van der Waals surface area contributed by atoms with Crippen LogP contribution in [0.3, 0.4) is 0 Å². The minimum Gasteiger partial charge on any atom is -0.492 e.